The highest BCUT2D eigenvalue weighted by molar-refractivity contribution is 6.16. The number of ether oxygens (including phenoxy) is 1. The van der Waals surface area contributed by atoms with Crippen LogP contribution < -0.4 is 0 Å². The molecule has 0 saturated carbocycles. The molecule has 0 spiro atoms. The molecule has 10 nitrogen and oxygen atoms in total. The quantitative estimate of drug-likeness (QED) is 0.273. The Morgan fingerprint density at radius 3 is 2.16 bits per heavy atom. The third-order valence-corrected chi connectivity index (χ3v) is 5.95. The van der Waals surface area contributed by atoms with Gasteiger partial charge >= 0.3 is 0 Å². The lowest BCUT2D eigenvalue weighted by Crippen LogP contribution is -2.60. The molecule has 0 radical (unpaired) electrons. The van der Waals surface area contributed by atoms with Crippen LogP contribution in [0.4, 0.5) is 0 Å². The first kappa shape index (κ1) is 21.5. The third kappa shape index (κ3) is 3.16. The van der Waals surface area contributed by atoms with Crippen molar-refractivity contribution in [1.29, 1.82) is 0 Å². The molecule has 8 N–H and O–H groups in total. The molecular weight excluding hydrogens is 412 g/mol. The van der Waals surface area contributed by atoms with Crippen LogP contribution in [0.2, 0.25) is 0 Å². The Bertz CT molecular complexity index is 1030. The van der Waals surface area contributed by atoms with Gasteiger partial charge in [0.2, 0.25) is 5.78 Å². The van der Waals surface area contributed by atoms with E-state index >= 15 is 0 Å². The topological polar surface area (TPSA) is 188 Å². The number of aliphatic hydroxyl groups is 5. The van der Waals surface area contributed by atoms with E-state index in [2.05, 4.69) is 0 Å². The summed E-state index contributed by atoms with van der Waals surface area (Å²) in [6, 6.07) is 4.79. The van der Waals surface area contributed by atoms with Crippen molar-refractivity contribution in [2.45, 2.75) is 43.0 Å². The van der Waals surface area contributed by atoms with Gasteiger partial charge in [-0.05, 0) is 29.3 Å². The number of aromatic hydroxyl groups is 3. The van der Waals surface area contributed by atoms with Gasteiger partial charge in [-0.3, -0.25) is 4.79 Å². The molecular formula is C21H22O10. The van der Waals surface area contributed by atoms with Crippen molar-refractivity contribution in [2.24, 2.45) is 0 Å². The minimum Gasteiger partial charge on any atom is -0.508 e. The third-order valence-electron chi connectivity index (χ3n) is 5.95. The van der Waals surface area contributed by atoms with E-state index in [1.807, 2.05) is 0 Å². The van der Waals surface area contributed by atoms with E-state index in [0.717, 1.165) is 12.1 Å². The van der Waals surface area contributed by atoms with Crippen molar-refractivity contribution in [3.05, 3.63) is 52.1 Å². The number of hydrogen-bond donors (Lipinski definition) is 8. The summed E-state index contributed by atoms with van der Waals surface area (Å²) in [5, 5.41) is 81.6. The van der Waals surface area contributed by atoms with E-state index in [-0.39, 0.29) is 27.8 Å². The average molecular weight is 434 g/mol. The summed E-state index contributed by atoms with van der Waals surface area (Å²) in [5.41, 5.74) is -0.362. The number of rotatable bonds is 3. The Labute approximate surface area is 175 Å². The summed E-state index contributed by atoms with van der Waals surface area (Å²) in [6.07, 6.45) is -7.74. The number of aliphatic hydroxyl groups excluding tert-OH is 5. The highest BCUT2D eigenvalue weighted by Gasteiger charge is 2.51. The summed E-state index contributed by atoms with van der Waals surface area (Å²) in [6.45, 7) is -1.18. The lowest BCUT2D eigenvalue weighted by molar-refractivity contribution is -0.232. The van der Waals surface area contributed by atoms with Crippen LogP contribution in [0.25, 0.3) is 0 Å². The van der Waals surface area contributed by atoms with Crippen LogP contribution in [0, 0.1) is 0 Å². The molecule has 0 bridgehead atoms. The van der Waals surface area contributed by atoms with E-state index in [0.29, 0.717) is 0 Å². The fourth-order valence-electron chi connectivity index (χ4n) is 4.47. The Morgan fingerprint density at radius 1 is 0.839 bits per heavy atom. The second-order valence-electron chi connectivity index (χ2n) is 7.73. The standard InChI is InChI=1S/C21H22O10/c22-5-7-3-8-13(11(26)4-7)18(28)16-10(25)2-1-9(24)15(16)14(8)21-20(30)19(29)17(27)12(6-23)31-21/h1-4,12,14,17,19-27,29-30H,5-6H2/t12-,14+,17-,19+,20-,21+/m1/s1. The molecule has 166 valence electrons. The van der Waals surface area contributed by atoms with Crippen LogP contribution in [0.5, 0.6) is 17.2 Å². The maximum atomic E-state index is 13.1. The van der Waals surface area contributed by atoms with E-state index in [1.54, 1.807) is 0 Å². The van der Waals surface area contributed by atoms with Gasteiger partial charge in [0, 0.05) is 11.5 Å². The van der Waals surface area contributed by atoms with Gasteiger partial charge in [0.05, 0.1) is 30.4 Å². The summed E-state index contributed by atoms with van der Waals surface area (Å²) in [4.78, 5) is 13.1. The van der Waals surface area contributed by atoms with E-state index in [4.69, 9.17) is 4.74 Å². The van der Waals surface area contributed by atoms with E-state index in [9.17, 15) is 45.6 Å². The van der Waals surface area contributed by atoms with Crippen LogP contribution >= 0.6 is 0 Å². The van der Waals surface area contributed by atoms with Crippen molar-refractivity contribution in [3.8, 4) is 17.2 Å². The molecule has 1 aliphatic carbocycles. The SMILES string of the molecule is O=C1c2c(O)cc(CO)cc2[C@H]([C@@H]2O[C@H](CO)[C@@H](O)[C@H](O)[C@H]2O)c2c(O)ccc(O)c21. The van der Waals surface area contributed by atoms with Crippen molar-refractivity contribution in [1.82, 2.24) is 0 Å². The van der Waals surface area contributed by atoms with Crippen LogP contribution in [-0.2, 0) is 11.3 Å². The molecule has 6 atom stereocenters. The van der Waals surface area contributed by atoms with Gasteiger partial charge in [0.25, 0.3) is 0 Å². The molecule has 2 aromatic carbocycles. The number of carbonyl (C=O) groups is 1. The summed E-state index contributed by atoms with van der Waals surface area (Å²) in [5.74, 6) is -3.39. The van der Waals surface area contributed by atoms with E-state index < -0.39 is 72.7 Å². The zero-order chi connectivity index (χ0) is 22.6. The number of phenolic OH excluding ortho intramolecular Hbond substituents is 3. The van der Waals surface area contributed by atoms with Crippen LogP contribution in [0.3, 0.4) is 0 Å². The van der Waals surface area contributed by atoms with Crippen molar-refractivity contribution >= 4 is 5.78 Å². The Morgan fingerprint density at radius 2 is 1.52 bits per heavy atom. The molecule has 4 rings (SSSR count). The lowest BCUT2D eigenvalue weighted by Gasteiger charge is -2.45. The first-order valence-electron chi connectivity index (χ1n) is 9.57. The van der Waals surface area contributed by atoms with Gasteiger partial charge in [-0.2, -0.15) is 0 Å². The molecule has 1 heterocycles. The normalized spacial score (nSPS) is 30.0. The van der Waals surface area contributed by atoms with E-state index in [1.165, 1.54) is 12.1 Å². The molecule has 1 aliphatic heterocycles. The minimum atomic E-state index is -1.73. The van der Waals surface area contributed by atoms with Gasteiger partial charge in [0.1, 0.15) is 41.7 Å². The maximum absolute atomic E-state index is 13.1. The van der Waals surface area contributed by atoms with Gasteiger partial charge in [-0.1, -0.05) is 6.07 Å². The highest BCUT2D eigenvalue weighted by atomic mass is 16.5. The summed E-state index contributed by atoms with van der Waals surface area (Å²) >= 11 is 0. The molecule has 0 aromatic heterocycles. The minimum absolute atomic E-state index is 0.0757. The first-order valence-corrected chi connectivity index (χ1v) is 9.57. The van der Waals surface area contributed by atoms with Crippen LogP contribution in [0.15, 0.2) is 24.3 Å². The molecule has 0 amide bonds. The Balaban J connectivity index is 2.00. The molecule has 10 heteroatoms. The fraction of sp³-hybridized carbons (Fsp3) is 0.381. The summed E-state index contributed by atoms with van der Waals surface area (Å²) in [7, 11) is 0. The van der Waals surface area contributed by atoms with Crippen molar-refractivity contribution < 1.29 is 50.4 Å². The molecule has 1 saturated heterocycles. The number of ketones is 1. The second kappa shape index (κ2) is 7.75. The number of benzene rings is 2. The second-order valence-corrected chi connectivity index (χ2v) is 7.73. The van der Waals surface area contributed by atoms with Crippen LogP contribution in [-0.4, -0.2) is 83.8 Å². The first-order chi connectivity index (χ1) is 14.7. The molecule has 1 fully saturated rings. The van der Waals surface area contributed by atoms with Crippen LogP contribution in [0.1, 0.15) is 38.5 Å². The number of fused-ring (bicyclic) bond motifs is 2. The number of hydrogen-bond acceptors (Lipinski definition) is 10. The van der Waals surface area contributed by atoms with Gasteiger partial charge in [-0.25, -0.2) is 0 Å². The fourth-order valence-corrected chi connectivity index (χ4v) is 4.47. The predicted octanol–water partition coefficient (Wildman–Crippen LogP) is -1.19. The van der Waals surface area contributed by atoms with Gasteiger partial charge in [0.15, 0.2) is 0 Å². The largest absolute Gasteiger partial charge is 0.508 e. The molecule has 2 aliphatic rings. The molecule has 31 heavy (non-hydrogen) atoms. The number of phenols is 3. The molecule has 0 unspecified atom stereocenters. The highest BCUT2D eigenvalue weighted by Crippen LogP contribution is 2.50. The Kier molecular flexibility index (Phi) is 5.38. The monoisotopic (exact) mass is 434 g/mol. The van der Waals surface area contributed by atoms with Crippen molar-refractivity contribution in [2.75, 3.05) is 6.61 Å². The Hall–Kier alpha value is -2.73. The average Bonchev–Trinajstić information content (AvgIpc) is 2.75. The maximum Gasteiger partial charge on any atom is 0.201 e. The number of carbonyl (C=O) groups excluding carboxylic acids is 1. The smallest absolute Gasteiger partial charge is 0.201 e. The van der Waals surface area contributed by atoms with Gasteiger partial charge < -0.3 is 45.6 Å². The summed E-state index contributed by atoms with van der Waals surface area (Å²) < 4.78 is 5.67. The zero-order valence-electron chi connectivity index (χ0n) is 16.1. The lowest BCUT2D eigenvalue weighted by atomic mass is 9.71. The zero-order valence-corrected chi connectivity index (χ0v) is 16.1. The van der Waals surface area contributed by atoms with Gasteiger partial charge in [-0.15, -0.1) is 0 Å². The predicted molar refractivity (Wildman–Crippen MR) is 103 cm³/mol. The molecule has 2 aromatic rings. The van der Waals surface area contributed by atoms with Crippen molar-refractivity contribution in [3.63, 3.8) is 0 Å².